The zero-order chi connectivity index (χ0) is 25.3. The van der Waals surface area contributed by atoms with Crippen LogP contribution in [0.4, 0.5) is 5.95 Å². The molecule has 11 heteroatoms. The van der Waals surface area contributed by atoms with Gasteiger partial charge in [0.05, 0.1) is 19.1 Å². The number of anilines is 1. The van der Waals surface area contributed by atoms with Gasteiger partial charge < -0.3 is 15.3 Å². The molecule has 0 aliphatic carbocycles. The van der Waals surface area contributed by atoms with Crippen LogP contribution in [0.15, 0.2) is 83.1 Å². The number of hydrazone groups is 1. The summed E-state index contributed by atoms with van der Waals surface area (Å²) < 4.78 is 12.3. The largest absolute Gasteiger partial charge is 0.497 e. The van der Waals surface area contributed by atoms with Crippen LogP contribution in [-0.4, -0.2) is 39.7 Å². The second-order valence-electron chi connectivity index (χ2n) is 7.44. The molecule has 184 valence electrons. The molecule has 3 N–H and O–H groups in total. The van der Waals surface area contributed by atoms with E-state index in [9.17, 15) is 4.79 Å². The molecule has 0 spiro atoms. The SMILES string of the molecule is COc1cccc(C(=O)CSc2nnc(N/N=C/c3ccccc3OCc3ccc(Cl)cc3)n2N)c1. The fourth-order valence-corrected chi connectivity index (χ4v) is 3.96. The Kier molecular flexibility index (Phi) is 8.43. The number of para-hydroxylation sites is 1. The average molecular weight is 523 g/mol. The van der Waals surface area contributed by atoms with Crippen molar-refractivity contribution in [3.8, 4) is 11.5 Å². The summed E-state index contributed by atoms with van der Waals surface area (Å²) >= 11 is 7.11. The number of halogens is 1. The third-order valence-electron chi connectivity index (χ3n) is 4.98. The number of nitrogens with zero attached hydrogens (tertiary/aromatic N) is 4. The molecule has 3 aromatic carbocycles. The number of hydrogen-bond donors (Lipinski definition) is 2. The van der Waals surface area contributed by atoms with Crippen molar-refractivity contribution >= 4 is 41.3 Å². The summed E-state index contributed by atoms with van der Waals surface area (Å²) in [6.07, 6.45) is 1.60. The Balaban J connectivity index is 1.34. The third kappa shape index (κ3) is 6.55. The van der Waals surface area contributed by atoms with E-state index in [1.54, 1.807) is 37.6 Å². The van der Waals surface area contributed by atoms with Gasteiger partial charge in [-0.1, -0.05) is 59.8 Å². The molecule has 0 amide bonds. The fourth-order valence-electron chi connectivity index (χ4n) is 3.08. The lowest BCUT2D eigenvalue weighted by atomic mass is 10.1. The van der Waals surface area contributed by atoms with Crippen molar-refractivity contribution in [3.63, 3.8) is 0 Å². The second-order valence-corrected chi connectivity index (χ2v) is 8.82. The first-order chi connectivity index (χ1) is 17.5. The lowest BCUT2D eigenvalue weighted by Gasteiger charge is -2.09. The standard InChI is InChI=1S/C25H23ClN6O3S/c1-34-21-7-4-6-18(13-21)22(33)16-36-25-31-30-24(32(25)27)29-28-14-19-5-2-3-8-23(19)35-15-17-9-11-20(26)12-10-17/h2-14H,15-16,27H2,1H3,(H,29,30)/b28-14+. The zero-order valence-corrected chi connectivity index (χ0v) is 20.9. The van der Waals surface area contributed by atoms with E-state index in [1.165, 1.54) is 16.4 Å². The minimum atomic E-state index is -0.0790. The summed E-state index contributed by atoms with van der Waals surface area (Å²) in [5.41, 5.74) is 5.08. The van der Waals surface area contributed by atoms with Gasteiger partial charge in [0.15, 0.2) is 5.78 Å². The van der Waals surface area contributed by atoms with Crippen LogP contribution in [-0.2, 0) is 6.61 Å². The highest BCUT2D eigenvalue weighted by atomic mass is 35.5. The van der Waals surface area contributed by atoms with Gasteiger partial charge in [-0.3, -0.25) is 4.79 Å². The van der Waals surface area contributed by atoms with Crippen molar-refractivity contribution in [3.05, 3.63) is 94.5 Å². The predicted molar refractivity (Wildman–Crippen MR) is 142 cm³/mol. The van der Waals surface area contributed by atoms with Gasteiger partial charge in [-0.2, -0.15) is 5.10 Å². The van der Waals surface area contributed by atoms with E-state index in [4.69, 9.17) is 26.9 Å². The zero-order valence-electron chi connectivity index (χ0n) is 19.3. The van der Waals surface area contributed by atoms with Crippen LogP contribution in [0.3, 0.4) is 0 Å². The van der Waals surface area contributed by atoms with Crippen LogP contribution < -0.4 is 20.7 Å². The number of nitrogens with one attached hydrogen (secondary N) is 1. The first-order valence-corrected chi connectivity index (χ1v) is 12.2. The van der Waals surface area contributed by atoms with E-state index in [0.29, 0.717) is 33.8 Å². The lowest BCUT2D eigenvalue weighted by Crippen LogP contribution is -2.14. The summed E-state index contributed by atoms with van der Waals surface area (Å²) in [6, 6.07) is 21.9. The minimum absolute atomic E-state index is 0.0790. The minimum Gasteiger partial charge on any atom is -0.497 e. The molecule has 0 bridgehead atoms. The molecule has 0 unspecified atom stereocenters. The number of methoxy groups -OCH3 is 1. The molecule has 0 atom stereocenters. The average Bonchev–Trinajstić information content (AvgIpc) is 3.26. The second kappa shape index (κ2) is 12.1. The summed E-state index contributed by atoms with van der Waals surface area (Å²) in [4.78, 5) is 12.5. The van der Waals surface area contributed by atoms with Gasteiger partial charge >= 0.3 is 0 Å². The maximum atomic E-state index is 12.5. The van der Waals surface area contributed by atoms with Crippen LogP contribution in [0.1, 0.15) is 21.5 Å². The number of nitrogen functional groups attached to an aromatic ring is 1. The molecular weight excluding hydrogens is 500 g/mol. The molecule has 0 saturated heterocycles. The Hall–Kier alpha value is -4.02. The number of nitrogens with two attached hydrogens (primary N) is 1. The molecule has 0 radical (unpaired) electrons. The predicted octanol–water partition coefficient (Wildman–Crippen LogP) is 4.65. The first-order valence-electron chi connectivity index (χ1n) is 10.8. The Labute approximate surface area is 217 Å². The first kappa shape index (κ1) is 25.1. The number of ether oxygens (including phenoxy) is 2. The summed E-state index contributed by atoms with van der Waals surface area (Å²) in [5, 5.41) is 13.3. The normalized spacial score (nSPS) is 10.9. The van der Waals surface area contributed by atoms with Crippen LogP contribution in [0, 0.1) is 0 Å². The van der Waals surface area contributed by atoms with Gasteiger partial charge in [0.1, 0.15) is 18.1 Å². The van der Waals surface area contributed by atoms with Crippen LogP contribution >= 0.6 is 23.4 Å². The van der Waals surface area contributed by atoms with Gasteiger partial charge in [0, 0.05) is 16.1 Å². The van der Waals surface area contributed by atoms with Crippen molar-refractivity contribution in [2.24, 2.45) is 5.10 Å². The van der Waals surface area contributed by atoms with E-state index in [0.717, 1.165) is 11.1 Å². The molecule has 4 aromatic rings. The smallest absolute Gasteiger partial charge is 0.264 e. The van der Waals surface area contributed by atoms with Crippen LogP contribution in [0.25, 0.3) is 0 Å². The number of ketones is 1. The van der Waals surface area contributed by atoms with Crippen molar-refractivity contribution < 1.29 is 14.3 Å². The number of Topliss-reactive ketones (excluding diaryl/α,β-unsaturated/α-hetero) is 1. The Morgan fingerprint density at radius 1 is 1.14 bits per heavy atom. The van der Waals surface area contributed by atoms with E-state index in [-0.39, 0.29) is 17.5 Å². The van der Waals surface area contributed by atoms with E-state index >= 15 is 0 Å². The van der Waals surface area contributed by atoms with Crippen molar-refractivity contribution in [2.45, 2.75) is 11.8 Å². The number of thioether (sulfide) groups is 1. The third-order valence-corrected chi connectivity index (χ3v) is 6.18. The van der Waals surface area contributed by atoms with Crippen molar-refractivity contribution in [1.82, 2.24) is 14.9 Å². The highest BCUT2D eigenvalue weighted by molar-refractivity contribution is 7.99. The molecular formula is C25H23ClN6O3S. The topological polar surface area (TPSA) is 117 Å². The highest BCUT2D eigenvalue weighted by Crippen LogP contribution is 2.21. The number of aromatic nitrogens is 3. The van der Waals surface area contributed by atoms with Crippen LogP contribution in [0.2, 0.25) is 5.02 Å². The maximum Gasteiger partial charge on any atom is 0.264 e. The van der Waals surface area contributed by atoms with E-state index in [1.807, 2.05) is 48.5 Å². The number of hydrogen-bond acceptors (Lipinski definition) is 9. The van der Waals surface area contributed by atoms with Crippen molar-refractivity contribution in [2.75, 3.05) is 24.1 Å². The number of benzene rings is 3. The number of carbonyl (C=O) groups excluding carboxylic acids is 1. The Morgan fingerprint density at radius 2 is 1.94 bits per heavy atom. The maximum absolute atomic E-state index is 12.5. The molecule has 4 rings (SSSR count). The number of rotatable bonds is 11. The van der Waals surface area contributed by atoms with Gasteiger partial charge in [0.25, 0.3) is 5.95 Å². The number of carbonyl (C=O) groups is 1. The summed E-state index contributed by atoms with van der Waals surface area (Å²) in [5.74, 6) is 7.65. The van der Waals surface area contributed by atoms with Crippen molar-refractivity contribution in [1.29, 1.82) is 0 Å². The van der Waals surface area contributed by atoms with Gasteiger partial charge in [0.2, 0.25) is 5.16 Å². The molecule has 9 nitrogen and oxygen atoms in total. The molecule has 36 heavy (non-hydrogen) atoms. The quantitative estimate of drug-likeness (QED) is 0.0960. The molecule has 1 heterocycles. The van der Waals surface area contributed by atoms with E-state index in [2.05, 4.69) is 20.7 Å². The fraction of sp³-hybridized carbons (Fsp3) is 0.120. The van der Waals surface area contributed by atoms with Gasteiger partial charge in [-0.15, -0.1) is 10.2 Å². The molecule has 1 aromatic heterocycles. The van der Waals surface area contributed by atoms with Gasteiger partial charge in [-0.05, 0) is 42.0 Å². The molecule has 0 aliphatic rings. The Morgan fingerprint density at radius 3 is 2.75 bits per heavy atom. The van der Waals surface area contributed by atoms with Gasteiger partial charge in [-0.25, -0.2) is 10.1 Å². The van der Waals surface area contributed by atoms with E-state index < -0.39 is 0 Å². The lowest BCUT2D eigenvalue weighted by molar-refractivity contribution is 0.102. The summed E-state index contributed by atoms with van der Waals surface area (Å²) in [7, 11) is 1.55. The Bertz CT molecular complexity index is 1360. The molecule has 0 aliphatic heterocycles. The summed E-state index contributed by atoms with van der Waals surface area (Å²) in [6.45, 7) is 0.391. The monoisotopic (exact) mass is 522 g/mol. The van der Waals surface area contributed by atoms with Crippen LogP contribution in [0.5, 0.6) is 11.5 Å². The highest BCUT2D eigenvalue weighted by Gasteiger charge is 2.13. The molecule has 0 saturated carbocycles. The molecule has 0 fully saturated rings.